The van der Waals surface area contributed by atoms with E-state index in [0.717, 1.165) is 4.88 Å². The van der Waals surface area contributed by atoms with Crippen LogP contribution >= 0.6 is 11.3 Å². The first-order valence-electron chi connectivity index (χ1n) is 5.77. The zero-order valence-corrected chi connectivity index (χ0v) is 11.2. The number of amides is 1. The minimum absolute atomic E-state index is 0.0451. The molecule has 0 radical (unpaired) electrons. The van der Waals surface area contributed by atoms with E-state index in [0.29, 0.717) is 5.76 Å². The van der Waals surface area contributed by atoms with E-state index in [1.165, 1.54) is 23.5 Å². The predicted octanol–water partition coefficient (Wildman–Crippen LogP) is 2.16. The van der Waals surface area contributed by atoms with Gasteiger partial charge in [-0.05, 0) is 17.9 Å². The lowest BCUT2D eigenvalue weighted by Gasteiger charge is -2.10. The molecule has 1 atom stereocenters. The fourth-order valence-electron chi connectivity index (χ4n) is 1.54. The van der Waals surface area contributed by atoms with Gasteiger partial charge in [-0.3, -0.25) is 4.79 Å². The Kier molecular flexibility index (Phi) is 4.31. The molecular formula is C13H12N2O4S. The largest absolute Gasteiger partial charge is 0.480 e. The third-order valence-corrected chi connectivity index (χ3v) is 3.40. The minimum Gasteiger partial charge on any atom is -0.480 e. The Morgan fingerprint density at radius 1 is 1.60 bits per heavy atom. The molecule has 2 aromatic heterocycles. The molecule has 20 heavy (non-hydrogen) atoms. The molecule has 0 saturated heterocycles. The summed E-state index contributed by atoms with van der Waals surface area (Å²) in [5.41, 5.74) is 0.0451. The fraction of sp³-hybridized carbons (Fsp3) is 0.154. The van der Waals surface area contributed by atoms with E-state index in [9.17, 15) is 9.59 Å². The first kappa shape index (κ1) is 14.0. The van der Waals surface area contributed by atoms with Gasteiger partial charge in [0.15, 0.2) is 11.5 Å². The summed E-state index contributed by atoms with van der Waals surface area (Å²) in [6.45, 7) is 3.45. The number of thiophene rings is 1. The molecule has 0 aromatic carbocycles. The van der Waals surface area contributed by atoms with E-state index in [1.54, 1.807) is 0 Å². The van der Waals surface area contributed by atoms with Gasteiger partial charge in [0.05, 0.1) is 4.88 Å². The third kappa shape index (κ3) is 3.12. The first-order chi connectivity index (χ1) is 9.61. The van der Waals surface area contributed by atoms with Crippen molar-refractivity contribution in [2.45, 2.75) is 12.5 Å². The molecule has 0 bridgehead atoms. The van der Waals surface area contributed by atoms with Gasteiger partial charge in [-0.25, -0.2) is 4.79 Å². The molecule has 2 rings (SSSR count). The van der Waals surface area contributed by atoms with Crippen molar-refractivity contribution in [1.29, 1.82) is 0 Å². The van der Waals surface area contributed by atoms with Gasteiger partial charge in [0.25, 0.3) is 5.91 Å². The highest BCUT2D eigenvalue weighted by Gasteiger charge is 2.21. The van der Waals surface area contributed by atoms with Crippen LogP contribution in [0.5, 0.6) is 0 Å². The standard InChI is InChI=1S/C13H12N2O4S/c1-2-4-8(13(17)18)14-12(16)9-7-10(19-15-9)11-5-3-6-20-11/h2-3,5-8H,1,4H2,(H,14,16)(H,17,18). The third-order valence-electron chi connectivity index (χ3n) is 2.51. The topological polar surface area (TPSA) is 92.4 Å². The monoisotopic (exact) mass is 292 g/mol. The van der Waals surface area contributed by atoms with Gasteiger partial charge in [0.1, 0.15) is 6.04 Å². The van der Waals surface area contributed by atoms with Gasteiger partial charge in [0, 0.05) is 6.07 Å². The van der Waals surface area contributed by atoms with Gasteiger partial charge in [-0.1, -0.05) is 17.3 Å². The van der Waals surface area contributed by atoms with Gasteiger partial charge >= 0.3 is 5.97 Å². The number of carbonyl (C=O) groups excluding carboxylic acids is 1. The molecule has 2 aromatic rings. The number of carboxylic acids is 1. The van der Waals surface area contributed by atoms with Crippen molar-refractivity contribution in [3.8, 4) is 10.6 Å². The van der Waals surface area contributed by atoms with Crippen molar-refractivity contribution in [3.05, 3.63) is 41.9 Å². The lowest BCUT2D eigenvalue weighted by Crippen LogP contribution is -2.40. The molecule has 1 amide bonds. The summed E-state index contributed by atoms with van der Waals surface area (Å²) in [7, 11) is 0. The highest BCUT2D eigenvalue weighted by Crippen LogP contribution is 2.25. The number of rotatable bonds is 6. The number of hydrogen-bond acceptors (Lipinski definition) is 5. The smallest absolute Gasteiger partial charge is 0.326 e. The second kappa shape index (κ2) is 6.16. The van der Waals surface area contributed by atoms with Crippen LogP contribution in [0.4, 0.5) is 0 Å². The van der Waals surface area contributed by atoms with Crippen LogP contribution < -0.4 is 5.32 Å². The van der Waals surface area contributed by atoms with E-state index < -0.39 is 17.9 Å². The van der Waals surface area contributed by atoms with E-state index in [4.69, 9.17) is 9.63 Å². The van der Waals surface area contributed by atoms with Crippen molar-refractivity contribution in [1.82, 2.24) is 10.5 Å². The van der Waals surface area contributed by atoms with Crippen molar-refractivity contribution in [3.63, 3.8) is 0 Å². The average molecular weight is 292 g/mol. The van der Waals surface area contributed by atoms with Crippen molar-refractivity contribution in [2.24, 2.45) is 0 Å². The van der Waals surface area contributed by atoms with E-state index in [2.05, 4.69) is 17.1 Å². The Hall–Kier alpha value is -2.41. The first-order valence-corrected chi connectivity index (χ1v) is 6.65. The highest BCUT2D eigenvalue weighted by atomic mass is 32.1. The quantitative estimate of drug-likeness (QED) is 0.796. The molecule has 0 aliphatic rings. The lowest BCUT2D eigenvalue weighted by atomic mass is 10.2. The predicted molar refractivity (Wildman–Crippen MR) is 73.5 cm³/mol. The summed E-state index contributed by atoms with van der Waals surface area (Å²) in [5, 5.41) is 16.8. The van der Waals surface area contributed by atoms with Crippen LogP contribution in [0.25, 0.3) is 10.6 Å². The molecule has 7 heteroatoms. The SMILES string of the molecule is C=CCC(NC(=O)c1cc(-c2cccs2)on1)C(=O)O. The molecule has 1 unspecified atom stereocenters. The van der Waals surface area contributed by atoms with Crippen LogP contribution in [0.2, 0.25) is 0 Å². The fourth-order valence-corrected chi connectivity index (χ4v) is 2.21. The van der Waals surface area contributed by atoms with E-state index in [1.807, 2.05) is 17.5 Å². The van der Waals surface area contributed by atoms with Crippen LogP contribution in [0.15, 0.2) is 40.8 Å². The Morgan fingerprint density at radius 2 is 2.40 bits per heavy atom. The Bertz CT molecular complexity index is 618. The Labute approximate surface area is 118 Å². The maximum absolute atomic E-state index is 11.9. The molecule has 0 spiro atoms. The molecule has 2 heterocycles. The molecule has 0 saturated carbocycles. The normalized spacial score (nSPS) is 11.8. The summed E-state index contributed by atoms with van der Waals surface area (Å²) in [5.74, 6) is -1.24. The molecule has 2 N–H and O–H groups in total. The minimum atomic E-state index is -1.12. The summed E-state index contributed by atoms with van der Waals surface area (Å²) in [4.78, 5) is 23.7. The van der Waals surface area contributed by atoms with Crippen LogP contribution in [0.1, 0.15) is 16.9 Å². The van der Waals surface area contributed by atoms with E-state index >= 15 is 0 Å². The number of aromatic nitrogens is 1. The average Bonchev–Trinajstić information content (AvgIpc) is 3.08. The zero-order valence-electron chi connectivity index (χ0n) is 10.4. The summed E-state index contributed by atoms with van der Waals surface area (Å²) < 4.78 is 5.06. The second-order valence-corrected chi connectivity index (χ2v) is 4.89. The molecule has 6 nitrogen and oxygen atoms in total. The number of hydrogen-bond donors (Lipinski definition) is 2. The number of carbonyl (C=O) groups is 2. The maximum Gasteiger partial charge on any atom is 0.326 e. The van der Waals surface area contributed by atoms with Crippen LogP contribution in [-0.4, -0.2) is 28.2 Å². The molecule has 0 fully saturated rings. The number of nitrogens with zero attached hydrogens (tertiary/aromatic N) is 1. The summed E-state index contributed by atoms with van der Waals surface area (Å²) in [6.07, 6.45) is 1.57. The van der Waals surface area contributed by atoms with Gasteiger partial charge < -0.3 is 14.9 Å². The highest BCUT2D eigenvalue weighted by molar-refractivity contribution is 7.13. The lowest BCUT2D eigenvalue weighted by molar-refractivity contribution is -0.139. The molecular weight excluding hydrogens is 280 g/mol. The van der Waals surface area contributed by atoms with Crippen LogP contribution in [-0.2, 0) is 4.79 Å². The number of carboxylic acid groups (broad SMARTS) is 1. The number of aliphatic carboxylic acids is 1. The van der Waals surface area contributed by atoms with E-state index in [-0.39, 0.29) is 12.1 Å². The second-order valence-electron chi connectivity index (χ2n) is 3.94. The zero-order chi connectivity index (χ0) is 14.5. The summed E-state index contributed by atoms with van der Waals surface area (Å²) >= 11 is 1.46. The van der Waals surface area contributed by atoms with Crippen LogP contribution in [0.3, 0.4) is 0 Å². The number of nitrogens with one attached hydrogen (secondary N) is 1. The Balaban J connectivity index is 2.09. The Morgan fingerprint density at radius 3 is 3.00 bits per heavy atom. The van der Waals surface area contributed by atoms with Gasteiger partial charge in [-0.2, -0.15) is 0 Å². The summed E-state index contributed by atoms with van der Waals surface area (Å²) in [6, 6.07) is 4.15. The van der Waals surface area contributed by atoms with Crippen molar-refractivity contribution in [2.75, 3.05) is 0 Å². The van der Waals surface area contributed by atoms with Gasteiger partial charge in [0.2, 0.25) is 0 Å². The maximum atomic E-state index is 11.9. The van der Waals surface area contributed by atoms with Crippen molar-refractivity contribution < 1.29 is 19.2 Å². The molecule has 0 aliphatic carbocycles. The van der Waals surface area contributed by atoms with Crippen LogP contribution in [0, 0.1) is 0 Å². The van der Waals surface area contributed by atoms with Gasteiger partial charge in [-0.15, -0.1) is 17.9 Å². The van der Waals surface area contributed by atoms with Crippen molar-refractivity contribution >= 4 is 23.2 Å². The molecule has 0 aliphatic heterocycles. The molecule has 104 valence electrons.